The van der Waals surface area contributed by atoms with Crippen molar-refractivity contribution in [3.63, 3.8) is 0 Å². The number of methoxy groups -OCH3 is 1. The van der Waals surface area contributed by atoms with Gasteiger partial charge in [-0.25, -0.2) is 9.97 Å². The molecule has 0 radical (unpaired) electrons. The molecule has 2 N–H and O–H groups in total. The lowest BCUT2D eigenvalue weighted by Crippen LogP contribution is -2.13. The summed E-state index contributed by atoms with van der Waals surface area (Å²) < 4.78 is 5.01. The first-order chi connectivity index (χ1) is 9.74. The molecule has 1 aliphatic rings. The second-order valence-electron chi connectivity index (χ2n) is 4.85. The minimum Gasteiger partial charge on any atom is -0.481 e. The van der Waals surface area contributed by atoms with Crippen molar-refractivity contribution in [2.24, 2.45) is 0 Å². The zero-order valence-electron chi connectivity index (χ0n) is 11.2. The lowest BCUT2D eigenvalue weighted by atomic mass is 10.3. The van der Waals surface area contributed by atoms with Crippen molar-refractivity contribution in [1.29, 1.82) is 0 Å². The van der Waals surface area contributed by atoms with Gasteiger partial charge in [0.2, 0.25) is 5.88 Å². The third-order valence-corrected chi connectivity index (χ3v) is 3.20. The summed E-state index contributed by atoms with van der Waals surface area (Å²) in [5, 5.41) is 3.15. The van der Waals surface area contributed by atoms with E-state index in [1.807, 2.05) is 6.07 Å². The molecule has 1 fully saturated rings. The standard InChI is InChI=1S/C14H16N4O2/c1-20-13-5-2-9(8-16-13)7-15-11-6-12(19)18-14(17-11)10-3-4-10/h2,5-6,8,10H,3-4,7H2,1H3,(H2,15,17,18,19). The third-order valence-electron chi connectivity index (χ3n) is 3.20. The van der Waals surface area contributed by atoms with E-state index in [1.54, 1.807) is 19.4 Å². The van der Waals surface area contributed by atoms with Crippen LogP contribution >= 0.6 is 0 Å². The summed E-state index contributed by atoms with van der Waals surface area (Å²) in [6.07, 6.45) is 3.95. The lowest BCUT2D eigenvalue weighted by Gasteiger charge is -2.07. The minimum absolute atomic E-state index is 0.114. The zero-order valence-corrected chi connectivity index (χ0v) is 11.2. The predicted octanol–water partition coefficient (Wildman–Crippen LogP) is 1.66. The van der Waals surface area contributed by atoms with Crippen LogP contribution in [0.4, 0.5) is 5.82 Å². The smallest absolute Gasteiger partial charge is 0.252 e. The molecule has 0 bridgehead atoms. The number of hydrogen-bond acceptors (Lipinski definition) is 5. The van der Waals surface area contributed by atoms with Gasteiger partial charge in [-0.3, -0.25) is 4.79 Å². The molecule has 1 aliphatic carbocycles. The summed E-state index contributed by atoms with van der Waals surface area (Å²) in [6, 6.07) is 5.20. The molecule has 0 amide bonds. The first-order valence-electron chi connectivity index (χ1n) is 6.58. The Balaban J connectivity index is 1.69. The number of ether oxygens (including phenoxy) is 1. The second-order valence-corrected chi connectivity index (χ2v) is 4.85. The number of pyridine rings is 1. The lowest BCUT2D eigenvalue weighted by molar-refractivity contribution is 0.397. The first kappa shape index (κ1) is 12.7. The molecular weight excluding hydrogens is 256 g/mol. The van der Waals surface area contributed by atoms with E-state index in [1.165, 1.54) is 6.07 Å². The van der Waals surface area contributed by atoms with Gasteiger partial charge in [-0.15, -0.1) is 0 Å². The summed E-state index contributed by atoms with van der Waals surface area (Å²) in [4.78, 5) is 22.9. The van der Waals surface area contributed by atoms with E-state index in [-0.39, 0.29) is 5.56 Å². The molecule has 6 heteroatoms. The molecule has 3 rings (SSSR count). The topological polar surface area (TPSA) is 79.9 Å². The number of aromatic nitrogens is 3. The quantitative estimate of drug-likeness (QED) is 0.865. The van der Waals surface area contributed by atoms with Gasteiger partial charge < -0.3 is 15.0 Å². The highest BCUT2D eigenvalue weighted by molar-refractivity contribution is 5.35. The van der Waals surface area contributed by atoms with Gasteiger partial charge in [-0.2, -0.15) is 0 Å². The Labute approximate surface area is 116 Å². The predicted molar refractivity (Wildman–Crippen MR) is 74.9 cm³/mol. The number of nitrogens with zero attached hydrogens (tertiary/aromatic N) is 2. The number of nitrogens with one attached hydrogen (secondary N) is 2. The molecule has 1 saturated carbocycles. The monoisotopic (exact) mass is 272 g/mol. The fourth-order valence-electron chi connectivity index (χ4n) is 1.95. The van der Waals surface area contributed by atoms with E-state index < -0.39 is 0 Å². The Bertz CT molecular complexity index is 647. The summed E-state index contributed by atoms with van der Waals surface area (Å²) in [7, 11) is 1.58. The van der Waals surface area contributed by atoms with Gasteiger partial charge >= 0.3 is 0 Å². The molecule has 0 unspecified atom stereocenters. The van der Waals surface area contributed by atoms with Gasteiger partial charge in [0, 0.05) is 30.8 Å². The average Bonchev–Trinajstić information content (AvgIpc) is 3.30. The third kappa shape index (κ3) is 2.96. The molecule has 20 heavy (non-hydrogen) atoms. The number of hydrogen-bond donors (Lipinski definition) is 2. The Morgan fingerprint density at radius 2 is 2.30 bits per heavy atom. The zero-order chi connectivity index (χ0) is 13.9. The van der Waals surface area contributed by atoms with E-state index in [2.05, 4.69) is 20.3 Å². The van der Waals surface area contributed by atoms with Crippen molar-refractivity contribution in [2.45, 2.75) is 25.3 Å². The number of rotatable bonds is 5. The highest BCUT2D eigenvalue weighted by Gasteiger charge is 2.26. The van der Waals surface area contributed by atoms with Crippen LogP contribution in [0.5, 0.6) is 5.88 Å². The van der Waals surface area contributed by atoms with Crippen LogP contribution in [0.25, 0.3) is 0 Å². The summed E-state index contributed by atoms with van der Waals surface area (Å²) in [5.41, 5.74) is 0.887. The van der Waals surface area contributed by atoms with Crippen LogP contribution in [0, 0.1) is 0 Å². The fourth-order valence-corrected chi connectivity index (χ4v) is 1.95. The van der Waals surface area contributed by atoms with E-state index in [4.69, 9.17) is 4.74 Å². The van der Waals surface area contributed by atoms with E-state index in [9.17, 15) is 4.79 Å². The molecule has 0 atom stereocenters. The Hall–Kier alpha value is -2.37. The highest BCUT2D eigenvalue weighted by Crippen LogP contribution is 2.37. The molecule has 2 aromatic heterocycles. The van der Waals surface area contributed by atoms with Crippen molar-refractivity contribution in [1.82, 2.24) is 15.0 Å². The maximum absolute atomic E-state index is 11.6. The van der Waals surface area contributed by atoms with E-state index in [0.717, 1.165) is 24.2 Å². The largest absolute Gasteiger partial charge is 0.481 e. The molecule has 0 aromatic carbocycles. The molecule has 2 aromatic rings. The first-order valence-corrected chi connectivity index (χ1v) is 6.58. The van der Waals surface area contributed by atoms with Crippen LogP contribution in [0.3, 0.4) is 0 Å². The summed E-state index contributed by atoms with van der Waals surface area (Å²) in [6.45, 7) is 0.567. The Kier molecular flexibility index (Phi) is 3.37. The molecule has 104 valence electrons. The van der Waals surface area contributed by atoms with Crippen LogP contribution in [-0.2, 0) is 6.54 Å². The molecule has 0 aliphatic heterocycles. The SMILES string of the molecule is COc1ccc(CNc2cc(=O)[nH]c(C3CC3)n2)cn1. The fraction of sp³-hybridized carbons (Fsp3) is 0.357. The van der Waals surface area contributed by atoms with Crippen molar-refractivity contribution in [2.75, 3.05) is 12.4 Å². The minimum atomic E-state index is -0.114. The van der Waals surface area contributed by atoms with Crippen LogP contribution in [0.2, 0.25) is 0 Å². The average molecular weight is 272 g/mol. The van der Waals surface area contributed by atoms with Gasteiger partial charge in [0.05, 0.1) is 7.11 Å². The molecule has 0 spiro atoms. The van der Waals surface area contributed by atoms with Crippen LogP contribution < -0.4 is 15.6 Å². The molecule has 0 saturated heterocycles. The Morgan fingerprint density at radius 1 is 1.45 bits per heavy atom. The van der Waals surface area contributed by atoms with Crippen LogP contribution in [0.15, 0.2) is 29.2 Å². The Morgan fingerprint density at radius 3 is 2.95 bits per heavy atom. The van der Waals surface area contributed by atoms with Gasteiger partial charge in [0.25, 0.3) is 5.56 Å². The number of H-pyrrole nitrogens is 1. The van der Waals surface area contributed by atoms with Gasteiger partial charge in [-0.1, -0.05) is 6.07 Å². The molecule has 6 nitrogen and oxygen atoms in total. The van der Waals surface area contributed by atoms with Crippen LogP contribution in [0.1, 0.15) is 30.1 Å². The molecular formula is C14H16N4O2. The maximum Gasteiger partial charge on any atom is 0.252 e. The van der Waals surface area contributed by atoms with Gasteiger partial charge in [0.15, 0.2) is 0 Å². The van der Waals surface area contributed by atoms with Gasteiger partial charge in [-0.05, 0) is 18.4 Å². The number of anilines is 1. The van der Waals surface area contributed by atoms with Crippen molar-refractivity contribution in [3.8, 4) is 5.88 Å². The number of aromatic amines is 1. The van der Waals surface area contributed by atoms with Crippen molar-refractivity contribution >= 4 is 5.82 Å². The molecule has 2 heterocycles. The van der Waals surface area contributed by atoms with Crippen LogP contribution in [-0.4, -0.2) is 22.1 Å². The van der Waals surface area contributed by atoms with Crippen molar-refractivity contribution in [3.05, 3.63) is 46.1 Å². The van der Waals surface area contributed by atoms with E-state index >= 15 is 0 Å². The summed E-state index contributed by atoms with van der Waals surface area (Å²) >= 11 is 0. The van der Waals surface area contributed by atoms with Gasteiger partial charge in [0.1, 0.15) is 11.6 Å². The second kappa shape index (κ2) is 5.32. The normalized spacial score (nSPS) is 14.1. The highest BCUT2D eigenvalue weighted by atomic mass is 16.5. The van der Waals surface area contributed by atoms with Crippen molar-refractivity contribution < 1.29 is 4.74 Å². The van der Waals surface area contributed by atoms with E-state index in [0.29, 0.717) is 24.2 Å². The maximum atomic E-state index is 11.6. The summed E-state index contributed by atoms with van der Waals surface area (Å²) in [5.74, 6) is 2.39.